The first kappa shape index (κ1) is 20.2. The molecule has 0 bridgehead atoms. The average Bonchev–Trinajstić information content (AvgIpc) is 2.50. The van der Waals surface area contributed by atoms with Gasteiger partial charge in [-0.05, 0) is 23.6 Å². The molecule has 0 atom stereocenters. The first-order valence-corrected chi connectivity index (χ1v) is 8.22. The van der Waals surface area contributed by atoms with E-state index in [2.05, 4.69) is 24.2 Å². The van der Waals surface area contributed by atoms with E-state index in [0.29, 0.717) is 18.4 Å². The molecule has 7 heteroatoms. The smallest absolute Gasteiger partial charge is 0.243 e. The summed E-state index contributed by atoms with van der Waals surface area (Å²) in [6, 6.07) is 4.71. The lowest BCUT2D eigenvalue weighted by molar-refractivity contribution is -0.127. The van der Waals surface area contributed by atoms with Crippen molar-refractivity contribution in [2.75, 3.05) is 34.2 Å². The molecule has 0 aliphatic heterocycles. The number of carbonyl (C=O) groups is 1. The zero-order valence-electron chi connectivity index (χ0n) is 14.9. The third-order valence-electron chi connectivity index (χ3n) is 3.30. The summed E-state index contributed by atoms with van der Waals surface area (Å²) in [6.07, 6.45) is 0. The van der Waals surface area contributed by atoms with Crippen LogP contribution in [0.4, 0.5) is 4.39 Å². The minimum absolute atomic E-state index is 0.0622. The van der Waals surface area contributed by atoms with Gasteiger partial charge in [0.15, 0.2) is 5.96 Å². The number of hydrogen-bond donors (Lipinski definition) is 1. The van der Waals surface area contributed by atoms with Gasteiger partial charge in [-0.2, -0.15) is 0 Å². The Hall–Kier alpha value is -1.82. The molecule has 0 radical (unpaired) electrons. The summed E-state index contributed by atoms with van der Waals surface area (Å²) >= 11 is 5.71. The Morgan fingerprint density at radius 3 is 2.54 bits per heavy atom. The van der Waals surface area contributed by atoms with Crippen molar-refractivity contribution >= 4 is 23.5 Å². The van der Waals surface area contributed by atoms with E-state index in [9.17, 15) is 9.18 Å². The number of amides is 1. The van der Waals surface area contributed by atoms with Crippen molar-refractivity contribution in [3.63, 3.8) is 0 Å². The lowest BCUT2D eigenvalue weighted by atomic mass is 10.2. The summed E-state index contributed by atoms with van der Waals surface area (Å²) in [5.74, 6) is 0.513. The number of benzene rings is 1. The number of nitrogens with one attached hydrogen (secondary N) is 1. The van der Waals surface area contributed by atoms with E-state index in [1.807, 2.05) is 11.9 Å². The van der Waals surface area contributed by atoms with E-state index in [1.54, 1.807) is 20.2 Å². The Morgan fingerprint density at radius 2 is 2.00 bits per heavy atom. The van der Waals surface area contributed by atoms with Crippen molar-refractivity contribution in [3.05, 3.63) is 34.6 Å². The number of rotatable bonds is 6. The van der Waals surface area contributed by atoms with Crippen molar-refractivity contribution in [2.45, 2.75) is 20.4 Å². The molecule has 24 heavy (non-hydrogen) atoms. The van der Waals surface area contributed by atoms with E-state index in [-0.39, 0.29) is 17.5 Å². The Labute approximate surface area is 148 Å². The minimum atomic E-state index is -0.445. The maximum atomic E-state index is 13.6. The molecule has 0 unspecified atom stereocenters. The molecule has 0 saturated heterocycles. The molecule has 1 aromatic rings. The summed E-state index contributed by atoms with van der Waals surface area (Å²) in [5, 5.41) is 3.35. The van der Waals surface area contributed by atoms with Gasteiger partial charge in [-0.1, -0.05) is 31.5 Å². The lowest BCUT2D eigenvalue weighted by Gasteiger charge is -2.23. The SMILES string of the molecule is CC(C)CNC(=NCC(=O)N(C)C)N(C)Cc1ccc(Cl)c(F)c1. The van der Waals surface area contributed by atoms with Crippen LogP contribution in [0.5, 0.6) is 0 Å². The largest absolute Gasteiger partial charge is 0.356 e. The van der Waals surface area contributed by atoms with Crippen LogP contribution in [0.3, 0.4) is 0 Å². The van der Waals surface area contributed by atoms with Crippen LogP contribution in [0.2, 0.25) is 5.02 Å². The Balaban J connectivity index is 2.84. The van der Waals surface area contributed by atoms with Gasteiger partial charge >= 0.3 is 0 Å². The quantitative estimate of drug-likeness (QED) is 0.629. The Morgan fingerprint density at radius 1 is 1.33 bits per heavy atom. The highest BCUT2D eigenvalue weighted by molar-refractivity contribution is 6.30. The minimum Gasteiger partial charge on any atom is -0.356 e. The number of nitrogens with zero attached hydrogens (tertiary/aromatic N) is 3. The number of aliphatic imine (C=N–C) groups is 1. The third kappa shape index (κ3) is 6.74. The molecule has 1 amide bonds. The maximum Gasteiger partial charge on any atom is 0.243 e. The molecular weight excluding hydrogens is 331 g/mol. The van der Waals surface area contributed by atoms with Gasteiger partial charge in [-0.15, -0.1) is 0 Å². The fraction of sp³-hybridized carbons (Fsp3) is 0.529. The topological polar surface area (TPSA) is 47.9 Å². The van der Waals surface area contributed by atoms with E-state index in [1.165, 1.54) is 17.0 Å². The molecular formula is C17H26ClFN4O. The van der Waals surface area contributed by atoms with Gasteiger partial charge in [0.2, 0.25) is 5.91 Å². The van der Waals surface area contributed by atoms with Crippen LogP contribution in [-0.2, 0) is 11.3 Å². The summed E-state index contributed by atoms with van der Waals surface area (Å²) < 4.78 is 13.6. The third-order valence-corrected chi connectivity index (χ3v) is 3.60. The van der Waals surface area contributed by atoms with Crippen LogP contribution in [-0.4, -0.2) is 55.9 Å². The van der Waals surface area contributed by atoms with Gasteiger partial charge in [-0.3, -0.25) is 4.79 Å². The summed E-state index contributed by atoms with van der Waals surface area (Å²) in [4.78, 5) is 19.5. The highest BCUT2D eigenvalue weighted by atomic mass is 35.5. The molecule has 5 nitrogen and oxygen atoms in total. The molecule has 0 heterocycles. The monoisotopic (exact) mass is 356 g/mol. The van der Waals surface area contributed by atoms with Gasteiger partial charge in [0.1, 0.15) is 12.4 Å². The molecule has 0 saturated carbocycles. The Kier molecular flexibility index (Phi) is 7.98. The van der Waals surface area contributed by atoms with Gasteiger partial charge in [-0.25, -0.2) is 9.38 Å². The van der Waals surface area contributed by atoms with Crippen LogP contribution in [0.25, 0.3) is 0 Å². The van der Waals surface area contributed by atoms with Gasteiger partial charge < -0.3 is 15.1 Å². The predicted molar refractivity (Wildman–Crippen MR) is 96.7 cm³/mol. The predicted octanol–water partition coefficient (Wildman–Crippen LogP) is 2.60. The van der Waals surface area contributed by atoms with Crippen molar-refractivity contribution in [3.8, 4) is 0 Å². The van der Waals surface area contributed by atoms with E-state index >= 15 is 0 Å². The van der Waals surface area contributed by atoms with Gasteiger partial charge in [0.05, 0.1) is 5.02 Å². The first-order valence-electron chi connectivity index (χ1n) is 7.84. The van der Waals surface area contributed by atoms with E-state index in [4.69, 9.17) is 11.6 Å². The summed E-state index contributed by atoms with van der Waals surface area (Å²) in [7, 11) is 5.23. The fourth-order valence-electron chi connectivity index (χ4n) is 1.88. The average molecular weight is 357 g/mol. The van der Waals surface area contributed by atoms with Crippen LogP contribution < -0.4 is 5.32 Å². The van der Waals surface area contributed by atoms with Crippen molar-refractivity contribution in [1.29, 1.82) is 0 Å². The Bertz CT molecular complexity index is 590. The normalized spacial score (nSPS) is 11.6. The van der Waals surface area contributed by atoms with Crippen LogP contribution >= 0.6 is 11.6 Å². The number of carbonyl (C=O) groups excluding carboxylic acids is 1. The molecule has 0 spiro atoms. The van der Waals surface area contributed by atoms with Gasteiger partial charge in [0.25, 0.3) is 0 Å². The van der Waals surface area contributed by atoms with Crippen LogP contribution in [0.1, 0.15) is 19.4 Å². The number of halogens is 2. The molecule has 0 fully saturated rings. The summed E-state index contributed by atoms with van der Waals surface area (Å²) in [6.45, 7) is 5.42. The molecule has 1 rings (SSSR count). The van der Waals surface area contributed by atoms with E-state index < -0.39 is 5.82 Å². The molecule has 1 N–H and O–H groups in total. The second-order valence-corrected chi connectivity index (χ2v) is 6.71. The lowest BCUT2D eigenvalue weighted by Crippen LogP contribution is -2.41. The van der Waals surface area contributed by atoms with Gasteiger partial charge in [0, 0.05) is 34.2 Å². The van der Waals surface area contributed by atoms with Crippen LogP contribution in [0.15, 0.2) is 23.2 Å². The fourth-order valence-corrected chi connectivity index (χ4v) is 2.00. The second kappa shape index (κ2) is 9.47. The number of likely N-dealkylation sites (N-methyl/N-ethyl adjacent to an activating group) is 1. The molecule has 0 aromatic heterocycles. The number of guanidine groups is 1. The van der Waals surface area contributed by atoms with Crippen molar-refractivity contribution < 1.29 is 9.18 Å². The first-order chi connectivity index (χ1) is 11.2. The standard InChI is InChI=1S/C17H26ClFN4O/c1-12(2)9-20-17(21-10-16(24)22(3)4)23(5)11-13-6-7-14(18)15(19)8-13/h6-8,12H,9-11H2,1-5H3,(H,20,21). The van der Waals surface area contributed by atoms with Crippen LogP contribution in [0, 0.1) is 11.7 Å². The zero-order chi connectivity index (χ0) is 18.3. The van der Waals surface area contributed by atoms with Crippen molar-refractivity contribution in [2.24, 2.45) is 10.9 Å². The highest BCUT2D eigenvalue weighted by Crippen LogP contribution is 2.16. The second-order valence-electron chi connectivity index (χ2n) is 6.31. The van der Waals surface area contributed by atoms with Crippen molar-refractivity contribution in [1.82, 2.24) is 15.1 Å². The zero-order valence-corrected chi connectivity index (χ0v) is 15.7. The van der Waals surface area contributed by atoms with E-state index in [0.717, 1.165) is 12.1 Å². The number of hydrogen-bond acceptors (Lipinski definition) is 2. The highest BCUT2D eigenvalue weighted by Gasteiger charge is 2.11. The molecule has 0 aliphatic rings. The summed E-state index contributed by atoms with van der Waals surface area (Å²) in [5.41, 5.74) is 0.775. The molecule has 0 aliphatic carbocycles. The molecule has 1 aromatic carbocycles. The molecule has 134 valence electrons. The maximum absolute atomic E-state index is 13.6.